The molecule has 0 bridgehead atoms. The zero-order valence-corrected chi connectivity index (χ0v) is 17.4. The van der Waals surface area contributed by atoms with Crippen LogP contribution in [0.4, 0.5) is 19.1 Å². The Balaban J connectivity index is 0.000000339. The van der Waals surface area contributed by atoms with Gasteiger partial charge in [-0.2, -0.15) is 13.2 Å². The molecule has 1 spiro atoms. The number of carboxylic acid groups (broad SMARTS) is 1. The van der Waals surface area contributed by atoms with Crippen molar-refractivity contribution in [3.05, 3.63) is 36.7 Å². The monoisotopic (exact) mass is 440 g/mol. The molecule has 0 amide bonds. The lowest BCUT2D eigenvalue weighted by Crippen LogP contribution is -2.47. The van der Waals surface area contributed by atoms with Gasteiger partial charge in [-0.15, -0.1) is 0 Å². The van der Waals surface area contributed by atoms with Crippen molar-refractivity contribution in [1.29, 1.82) is 0 Å². The molecule has 1 N–H and O–H groups in total. The molecule has 2 aromatic rings. The van der Waals surface area contributed by atoms with Crippen LogP contribution in [-0.4, -0.2) is 67.9 Å². The Kier molecular flexibility index (Phi) is 7.14. The van der Waals surface area contributed by atoms with E-state index >= 15 is 0 Å². The van der Waals surface area contributed by atoms with E-state index in [0.29, 0.717) is 5.41 Å². The molecular weight excluding hydrogens is 413 g/mol. The van der Waals surface area contributed by atoms with Crippen molar-refractivity contribution in [1.82, 2.24) is 24.4 Å². The maximum absolute atomic E-state index is 10.6. The van der Waals surface area contributed by atoms with E-state index < -0.39 is 12.1 Å². The Hall–Kier alpha value is -2.69. The molecule has 0 unspecified atom stereocenters. The third kappa shape index (κ3) is 6.16. The molecule has 2 saturated heterocycles. The second-order valence-electron chi connectivity index (χ2n) is 8.07. The first-order valence-electron chi connectivity index (χ1n) is 10.2. The highest BCUT2D eigenvalue weighted by Gasteiger charge is 2.39. The fourth-order valence-corrected chi connectivity index (χ4v) is 4.07. The number of halogens is 3. The number of likely N-dealkylation sites (tertiary alicyclic amines) is 1. The zero-order valence-electron chi connectivity index (χ0n) is 17.4. The summed E-state index contributed by atoms with van der Waals surface area (Å²) < 4.78 is 33.9. The van der Waals surface area contributed by atoms with E-state index in [9.17, 15) is 13.2 Å². The van der Waals surface area contributed by atoms with Crippen LogP contribution in [0.1, 0.15) is 31.5 Å². The average Bonchev–Trinajstić information content (AvgIpc) is 3.15. The number of hydrogen-bond donors (Lipinski definition) is 1. The van der Waals surface area contributed by atoms with Crippen LogP contribution in [0.2, 0.25) is 0 Å². The Labute approximate surface area is 178 Å². The summed E-state index contributed by atoms with van der Waals surface area (Å²) in [5.74, 6) is -0.700. The first-order valence-corrected chi connectivity index (χ1v) is 10.2. The van der Waals surface area contributed by atoms with Crippen LogP contribution in [0.25, 0.3) is 0 Å². The smallest absolute Gasteiger partial charge is 0.475 e. The minimum Gasteiger partial charge on any atom is -0.475 e. The topological polar surface area (TPSA) is 87.4 Å². The van der Waals surface area contributed by atoms with Crippen molar-refractivity contribution < 1.29 is 23.1 Å². The van der Waals surface area contributed by atoms with Crippen LogP contribution in [0, 0.1) is 5.41 Å². The van der Waals surface area contributed by atoms with E-state index in [1.165, 1.54) is 44.6 Å². The molecule has 4 rings (SSSR count). The number of carbonyl (C=O) groups is 1. The van der Waals surface area contributed by atoms with Crippen LogP contribution < -0.4 is 4.90 Å². The van der Waals surface area contributed by atoms with Crippen molar-refractivity contribution >= 4 is 11.9 Å². The SMILES string of the molecule is Cn1ccnc1CN1CCC2(CC1)CCN(c1ncccn1)CC2.O=C(O)C(F)(F)F. The highest BCUT2D eigenvalue weighted by molar-refractivity contribution is 5.73. The summed E-state index contributed by atoms with van der Waals surface area (Å²) in [6.45, 7) is 5.53. The van der Waals surface area contributed by atoms with Gasteiger partial charge in [0.05, 0.1) is 6.54 Å². The van der Waals surface area contributed by atoms with Gasteiger partial charge in [0, 0.05) is 44.9 Å². The third-order valence-corrected chi connectivity index (χ3v) is 6.10. The molecule has 0 radical (unpaired) electrons. The summed E-state index contributed by atoms with van der Waals surface area (Å²) in [5, 5.41) is 7.12. The van der Waals surface area contributed by atoms with Gasteiger partial charge < -0.3 is 14.6 Å². The molecule has 8 nitrogen and oxygen atoms in total. The summed E-state index contributed by atoms with van der Waals surface area (Å²) in [4.78, 5) is 27.0. The van der Waals surface area contributed by atoms with E-state index in [0.717, 1.165) is 25.6 Å². The number of alkyl halides is 3. The second-order valence-corrected chi connectivity index (χ2v) is 8.07. The summed E-state index contributed by atoms with van der Waals surface area (Å²) >= 11 is 0. The lowest BCUT2D eigenvalue weighted by atomic mass is 9.71. The number of aromatic nitrogens is 4. The zero-order chi connectivity index (χ0) is 22.5. The molecule has 0 atom stereocenters. The number of imidazole rings is 1. The van der Waals surface area contributed by atoms with Gasteiger partial charge in [0.1, 0.15) is 5.82 Å². The van der Waals surface area contributed by atoms with Gasteiger partial charge in [-0.05, 0) is 50.3 Å². The Morgan fingerprint density at radius 2 is 1.58 bits per heavy atom. The van der Waals surface area contributed by atoms with Gasteiger partial charge in [-0.3, -0.25) is 4.90 Å². The first-order chi connectivity index (χ1) is 14.7. The highest BCUT2D eigenvalue weighted by Crippen LogP contribution is 2.41. The molecule has 4 heterocycles. The normalized spacial score (nSPS) is 19.0. The maximum Gasteiger partial charge on any atom is 0.490 e. The first kappa shape index (κ1) is 23.0. The molecule has 31 heavy (non-hydrogen) atoms. The molecule has 0 aliphatic carbocycles. The number of carboxylic acids is 1. The van der Waals surface area contributed by atoms with Gasteiger partial charge in [-0.1, -0.05) is 0 Å². The third-order valence-electron chi connectivity index (χ3n) is 6.10. The van der Waals surface area contributed by atoms with Crippen molar-refractivity contribution in [3.8, 4) is 0 Å². The van der Waals surface area contributed by atoms with Gasteiger partial charge in [0.25, 0.3) is 0 Å². The fourth-order valence-electron chi connectivity index (χ4n) is 4.07. The van der Waals surface area contributed by atoms with E-state index in [2.05, 4.69) is 36.4 Å². The maximum atomic E-state index is 10.6. The second kappa shape index (κ2) is 9.63. The van der Waals surface area contributed by atoms with Crippen LogP contribution >= 0.6 is 0 Å². The quantitative estimate of drug-likeness (QED) is 0.785. The minimum absolute atomic E-state index is 0.531. The van der Waals surface area contributed by atoms with Gasteiger partial charge >= 0.3 is 12.1 Å². The summed E-state index contributed by atoms with van der Waals surface area (Å²) in [7, 11) is 2.08. The van der Waals surface area contributed by atoms with Crippen LogP contribution in [0.5, 0.6) is 0 Å². The number of anilines is 1. The molecule has 0 saturated carbocycles. The van der Waals surface area contributed by atoms with Gasteiger partial charge in [0.2, 0.25) is 5.95 Å². The van der Waals surface area contributed by atoms with Crippen molar-refractivity contribution in [3.63, 3.8) is 0 Å². The van der Waals surface area contributed by atoms with E-state index in [1.807, 2.05) is 30.9 Å². The summed E-state index contributed by atoms with van der Waals surface area (Å²) in [6, 6.07) is 1.88. The number of piperidine rings is 2. The minimum atomic E-state index is -5.08. The molecule has 170 valence electrons. The number of aliphatic carboxylic acids is 1. The number of nitrogens with zero attached hydrogens (tertiary/aromatic N) is 6. The lowest BCUT2D eigenvalue weighted by Gasteiger charge is -2.46. The Bertz CT molecular complexity index is 840. The standard InChI is InChI=1S/C18H26N6.C2HF3O2/c1-22-14-9-19-16(22)15-23-10-3-18(4-11-23)5-12-24(13-6-18)17-20-7-2-8-21-17;3-2(4,5)1(6)7/h2,7-9,14H,3-6,10-13,15H2,1H3;(H,6,7). The van der Waals surface area contributed by atoms with E-state index in [1.54, 1.807) is 0 Å². The predicted molar refractivity (Wildman–Crippen MR) is 107 cm³/mol. The van der Waals surface area contributed by atoms with Crippen molar-refractivity contribution in [2.75, 3.05) is 31.1 Å². The van der Waals surface area contributed by atoms with E-state index in [4.69, 9.17) is 9.90 Å². The number of rotatable bonds is 3. The Morgan fingerprint density at radius 3 is 2.06 bits per heavy atom. The molecule has 2 aliphatic rings. The van der Waals surface area contributed by atoms with Crippen LogP contribution in [-0.2, 0) is 18.4 Å². The Morgan fingerprint density at radius 1 is 1.03 bits per heavy atom. The van der Waals surface area contributed by atoms with Gasteiger partial charge in [0.15, 0.2) is 0 Å². The summed E-state index contributed by atoms with van der Waals surface area (Å²) in [6.07, 6.45) is 7.65. The fraction of sp³-hybridized carbons (Fsp3) is 0.600. The lowest BCUT2D eigenvalue weighted by molar-refractivity contribution is -0.192. The van der Waals surface area contributed by atoms with Crippen molar-refractivity contribution in [2.45, 2.75) is 38.4 Å². The molecular formula is C20H27F3N6O2. The predicted octanol–water partition coefficient (Wildman–Crippen LogP) is 2.73. The average molecular weight is 440 g/mol. The largest absolute Gasteiger partial charge is 0.490 e. The van der Waals surface area contributed by atoms with Crippen LogP contribution in [0.3, 0.4) is 0 Å². The van der Waals surface area contributed by atoms with Crippen LogP contribution in [0.15, 0.2) is 30.9 Å². The van der Waals surface area contributed by atoms with Crippen molar-refractivity contribution in [2.24, 2.45) is 12.5 Å². The van der Waals surface area contributed by atoms with E-state index in [-0.39, 0.29) is 0 Å². The highest BCUT2D eigenvalue weighted by atomic mass is 19.4. The van der Waals surface area contributed by atoms with Gasteiger partial charge in [-0.25, -0.2) is 19.7 Å². The number of hydrogen-bond acceptors (Lipinski definition) is 6. The number of aryl methyl sites for hydroxylation is 1. The molecule has 11 heteroatoms. The molecule has 0 aromatic carbocycles. The molecule has 2 aliphatic heterocycles. The molecule has 2 aromatic heterocycles. The molecule has 2 fully saturated rings. The summed E-state index contributed by atoms with van der Waals surface area (Å²) in [5.41, 5.74) is 0.531.